The summed E-state index contributed by atoms with van der Waals surface area (Å²) in [4.78, 5) is 12.1. The Kier molecular flexibility index (Phi) is 4.05. The lowest BCUT2D eigenvalue weighted by Gasteiger charge is -2.23. The zero-order valence-electron chi connectivity index (χ0n) is 11.2. The van der Waals surface area contributed by atoms with Gasteiger partial charge in [-0.1, -0.05) is 19.3 Å². The van der Waals surface area contributed by atoms with E-state index >= 15 is 0 Å². The molecule has 3 aliphatic rings. The van der Waals surface area contributed by atoms with Gasteiger partial charge in [0.2, 0.25) is 5.91 Å². The van der Waals surface area contributed by atoms with Gasteiger partial charge in [-0.3, -0.25) is 4.79 Å². The maximum absolute atomic E-state index is 12.1. The quantitative estimate of drug-likeness (QED) is 0.787. The first-order valence-electron chi connectivity index (χ1n) is 7.44. The van der Waals surface area contributed by atoms with Crippen molar-refractivity contribution in [2.45, 2.75) is 62.9 Å². The molecule has 0 aromatic heterocycles. The summed E-state index contributed by atoms with van der Waals surface area (Å²) >= 11 is 0. The van der Waals surface area contributed by atoms with Crippen molar-refractivity contribution in [2.24, 2.45) is 5.92 Å². The van der Waals surface area contributed by atoms with Crippen molar-refractivity contribution in [3.8, 4) is 0 Å². The van der Waals surface area contributed by atoms with E-state index in [0.717, 1.165) is 0 Å². The number of hydrogen-bond donors (Lipinski definition) is 2. The third-order valence-electron chi connectivity index (χ3n) is 4.57. The molecule has 0 bridgehead atoms. The summed E-state index contributed by atoms with van der Waals surface area (Å²) in [5.41, 5.74) is 0. The van der Waals surface area contributed by atoms with Crippen LogP contribution in [0.4, 0.5) is 0 Å². The molecule has 0 spiro atoms. The number of hydrogen-bond acceptors (Lipinski definition) is 4. The number of amides is 1. The van der Waals surface area contributed by atoms with E-state index in [-0.39, 0.29) is 24.2 Å². The number of aliphatic hydroxyl groups excluding tert-OH is 1. The second kappa shape index (κ2) is 5.77. The van der Waals surface area contributed by atoms with Crippen molar-refractivity contribution >= 4 is 5.91 Å². The molecule has 0 unspecified atom stereocenters. The molecule has 1 aliphatic carbocycles. The summed E-state index contributed by atoms with van der Waals surface area (Å²) in [7, 11) is 0. The maximum atomic E-state index is 12.1. The molecule has 19 heavy (non-hydrogen) atoms. The van der Waals surface area contributed by atoms with Crippen LogP contribution >= 0.6 is 0 Å². The minimum atomic E-state index is -0.551. The third-order valence-corrected chi connectivity index (χ3v) is 4.57. The van der Waals surface area contributed by atoms with Crippen LogP contribution in [-0.2, 0) is 14.3 Å². The Morgan fingerprint density at radius 1 is 1.11 bits per heavy atom. The Morgan fingerprint density at radius 2 is 1.84 bits per heavy atom. The van der Waals surface area contributed by atoms with E-state index in [1.165, 1.54) is 32.1 Å². The monoisotopic (exact) mass is 269 g/mol. The van der Waals surface area contributed by atoms with Crippen molar-refractivity contribution in [3.05, 3.63) is 0 Å². The molecule has 5 nitrogen and oxygen atoms in total. The van der Waals surface area contributed by atoms with E-state index < -0.39 is 6.10 Å². The van der Waals surface area contributed by atoms with E-state index in [4.69, 9.17) is 9.47 Å². The zero-order valence-corrected chi connectivity index (χ0v) is 11.2. The smallest absolute Gasteiger partial charge is 0.220 e. The second-order valence-corrected chi connectivity index (χ2v) is 6.05. The third kappa shape index (κ3) is 2.93. The van der Waals surface area contributed by atoms with Crippen molar-refractivity contribution in [3.63, 3.8) is 0 Å². The Labute approximate surface area is 113 Å². The molecular formula is C14H23NO4. The molecule has 2 saturated heterocycles. The van der Waals surface area contributed by atoms with Crippen LogP contribution in [0.2, 0.25) is 0 Å². The predicted molar refractivity (Wildman–Crippen MR) is 68.6 cm³/mol. The largest absolute Gasteiger partial charge is 0.388 e. The standard InChI is InChI=1S/C14H23NO4/c16-11-8-19-13-10(7-18-14(11)13)15-12(17)6-9-4-2-1-3-5-9/h9-11,13-14,16H,1-8H2,(H,15,17)/t10-,11-,13-,14-/m1/s1. The van der Waals surface area contributed by atoms with Gasteiger partial charge in [-0.05, 0) is 18.8 Å². The lowest BCUT2D eigenvalue weighted by atomic mass is 9.87. The molecule has 0 aromatic carbocycles. The summed E-state index contributed by atoms with van der Waals surface area (Å²) in [5, 5.41) is 12.7. The molecule has 1 amide bonds. The lowest BCUT2D eigenvalue weighted by Crippen LogP contribution is -2.44. The molecule has 108 valence electrons. The number of nitrogens with one attached hydrogen (secondary N) is 1. The van der Waals surface area contributed by atoms with Gasteiger partial charge in [0.25, 0.3) is 0 Å². The normalized spacial score (nSPS) is 39.2. The van der Waals surface area contributed by atoms with E-state index in [0.29, 0.717) is 25.6 Å². The summed E-state index contributed by atoms with van der Waals surface area (Å²) in [6.45, 7) is 0.757. The molecule has 2 N–H and O–H groups in total. The second-order valence-electron chi connectivity index (χ2n) is 6.05. The first kappa shape index (κ1) is 13.3. The van der Waals surface area contributed by atoms with Gasteiger partial charge in [-0.15, -0.1) is 0 Å². The number of carbonyl (C=O) groups is 1. The number of carbonyl (C=O) groups excluding carboxylic acids is 1. The Hall–Kier alpha value is -0.650. The molecule has 4 atom stereocenters. The van der Waals surface area contributed by atoms with Crippen LogP contribution in [0.5, 0.6) is 0 Å². The molecule has 0 aromatic rings. The van der Waals surface area contributed by atoms with E-state index in [1.807, 2.05) is 0 Å². The molecule has 3 fully saturated rings. The molecule has 3 rings (SSSR count). The summed E-state index contributed by atoms with van der Waals surface area (Å²) in [5.74, 6) is 0.646. The topological polar surface area (TPSA) is 67.8 Å². The fourth-order valence-electron chi connectivity index (χ4n) is 3.52. The van der Waals surface area contributed by atoms with Crippen LogP contribution in [-0.4, -0.2) is 48.6 Å². The van der Waals surface area contributed by atoms with E-state index in [9.17, 15) is 9.90 Å². The summed E-state index contributed by atoms with van der Waals surface area (Å²) < 4.78 is 11.0. The number of ether oxygens (including phenoxy) is 2. The first-order valence-corrected chi connectivity index (χ1v) is 7.44. The van der Waals surface area contributed by atoms with Gasteiger partial charge in [-0.25, -0.2) is 0 Å². The molecule has 2 heterocycles. The lowest BCUT2D eigenvalue weighted by molar-refractivity contribution is -0.123. The van der Waals surface area contributed by atoms with Gasteiger partial charge in [0.15, 0.2) is 0 Å². The van der Waals surface area contributed by atoms with Crippen molar-refractivity contribution in [1.29, 1.82) is 0 Å². The number of aliphatic hydroxyl groups is 1. The fourth-order valence-corrected chi connectivity index (χ4v) is 3.52. The van der Waals surface area contributed by atoms with Crippen LogP contribution in [0.15, 0.2) is 0 Å². The van der Waals surface area contributed by atoms with Gasteiger partial charge in [0, 0.05) is 6.42 Å². The average Bonchev–Trinajstić information content (AvgIpc) is 2.96. The Balaban J connectivity index is 1.47. The summed E-state index contributed by atoms with van der Waals surface area (Å²) in [6.07, 6.45) is 5.80. The van der Waals surface area contributed by atoms with Gasteiger partial charge < -0.3 is 19.9 Å². The summed E-state index contributed by atoms with van der Waals surface area (Å²) in [6, 6.07) is -0.0989. The van der Waals surface area contributed by atoms with Crippen molar-refractivity contribution in [2.75, 3.05) is 13.2 Å². The van der Waals surface area contributed by atoms with Crippen LogP contribution < -0.4 is 5.32 Å². The van der Waals surface area contributed by atoms with Gasteiger partial charge >= 0.3 is 0 Å². The SMILES string of the molecule is O=C(CC1CCCCC1)N[C@@H]1CO[C@H]2[C@@H]1OC[C@H]2O. The van der Waals surface area contributed by atoms with Gasteiger partial charge in [0.05, 0.1) is 19.3 Å². The highest BCUT2D eigenvalue weighted by Crippen LogP contribution is 2.28. The highest BCUT2D eigenvalue weighted by atomic mass is 16.6. The van der Waals surface area contributed by atoms with Gasteiger partial charge in [-0.2, -0.15) is 0 Å². The molecule has 1 saturated carbocycles. The first-order chi connectivity index (χ1) is 9.24. The van der Waals surface area contributed by atoms with Crippen molar-refractivity contribution in [1.82, 2.24) is 5.32 Å². The average molecular weight is 269 g/mol. The molecular weight excluding hydrogens is 246 g/mol. The number of rotatable bonds is 3. The minimum Gasteiger partial charge on any atom is -0.388 e. The zero-order chi connectivity index (χ0) is 13.2. The van der Waals surface area contributed by atoms with E-state index in [1.54, 1.807) is 0 Å². The highest BCUT2D eigenvalue weighted by Gasteiger charge is 2.47. The van der Waals surface area contributed by atoms with Crippen LogP contribution in [0, 0.1) is 5.92 Å². The van der Waals surface area contributed by atoms with Crippen LogP contribution in [0.3, 0.4) is 0 Å². The molecule has 5 heteroatoms. The van der Waals surface area contributed by atoms with Crippen LogP contribution in [0.25, 0.3) is 0 Å². The fraction of sp³-hybridized carbons (Fsp3) is 0.929. The van der Waals surface area contributed by atoms with Gasteiger partial charge in [0.1, 0.15) is 18.3 Å². The maximum Gasteiger partial charge on any atom is 0.220 e. The molecule has 0 radical (unpaired) electrons. The Bertz CT molecular complexity index is 329. The predicted octanol–water partition coefficient (Wildman–Crippen LogP) is 0.600. The van der Waals surface area contributed by atoms with Crippen LogP contribution in [0.1, 0.15) is 38.5 Å². The van der Waals surface area contributed by atoms with Crippen molar-refractivity contribution < 1.29 is 19.4 Å². The highest BCUT2D eigenvalue weighted by molar-refractivity contribution is 5.76. The minimum absolute atomic E-state index is 0.0989. The number of fused-ring (bicyclic) bond motifs is 1. The molecule has 2 aliphatic heterocycles. The Morgan fingerprint density at radius 3 is 2.63 bits per heavy atom. The van der Waals surface area contributed by atoms with E-state index in [2.05, 4.69) is 5.32 Å².